The van der Waals surface area contributed by atoms with Crippen LogP contribution in [0.2, 0.25) is 0 Å². The first kappa shape index (κ1) is 75.8. The van der Waals surface area contributed by atoms with E-state index in [2.05, 4.69) is 208 Å². The van der Waals surface area contributed by atoms with Crippen LogP contribution in [0.4, 0.5) is 0 Å². The van der Waals surface area contributed by atoms with Gasteiger partial charge in [-0.2, -0.15) is 0 Å². The van der Waals surface area contributed by atoms with E-state index in [1.165, 1.54) is 0 Å². The van der Waals surface area contributed by atoms with Crippen molar-refractivity contribution in [1.29, 1.82) is 0 Å². The predicted molar refractivity (Wildman–Crippen MR) is 348 cm³/mol. The quantitative estimate of drug-likeness (QED) is 0.0264. The van der Waals surface area contributed by atoms with Gasteiger partial charge in [0.05, 0.1) is 13.2 Å². The Morgan fingerprint density at radius 2 is 0.642 bits per heavy atom. The molecule has 0 amide bonds. The molecular formula is C71H110NO8P. The van der Waals surface area contributed by atoms with E-state index in [1.807, 2.05) is 0 Å². The van der Waals surface area contributed by atoms with Crippen molar-refractivity contribution < 1.29 is 37.6 Å². The second-order valence-electron chi connectivity index (χ2n) is 19.5. The molecule has 2 unspecified atom stereocenters. The van der Waals surface area contributed by atoms with Gasteiger partial charge in [-0.25, -0.2) is 4.57 Å². The molecule has 0 radical (unpaired) electrons. The summed E-state index contributed by atoms with van der Waals surface area (Å²) in [6.45, 7) is 3.43. The number of esters is 2. The molecule has 0 heterocycles. The van der Waals surface area contributed by atoms with Gasteiger partial charge in [0.25, 0.3) is 0 Å². The first-order valence-electron chi connectivity index (χ1n) is 30.9. The Morgan fingerprint density at radius 1 is 0.370 bits per heavy atom. The summed E-state index contributed by atoms with van der Waals surface area (Å²) in [6, 6.07) is 0. The van der Waals surface area contributed by atoms with E-state index in [9.17, 15) is 19.0 Å². The second-order valence-corrected chi connectivity index (χ2v) is 20.9. The molecule has 0 aromatic rings. The van der Waals surface area contributed by atoms with Gasteiger partial charge >= 0.3 is 19.8 Å². The fraction of sp³-hybridized carbons (Fsp3) is 0.521. The van der Waals surface area contributed by atoms with Crippen molar-refractivity contribution in [2.45, 2.75) is 213 Å². The van der Waals surface area contributed by atoms with Crippen molar-refractivity contribution >= 4 is 19.8 Å². The normalized spacial score (nSPS) is 14.4. The van der Waals surface area contributed by atoms with Gasteiger partial charge in [0.2, 0.25) is 0 Å². The number of ether oxygens (including phenoxy) is 2. The van der Waals surface area contributed by atoms with Gasteiger partial charge in [0.1, 0.15) is 6.61 Å². The van der Waals surface area contributed by atoms with Crippen LogP contribution in [0.3, 0.4) is 0 Å². The van der Waals surface area contributed by atoms with E-state index in [0.29, 0.717) is 12.8 Å². The number of carbonyl (C=O) groups excluding carboxylic acids is 2. The topological polar surface area (TPSA) is 134 Å². The maximum Gasteiger partial charge on any atom is 0.472 e. The van der Waals surface area contributed by atoms with Crippen molar-refractivity contribution in [3.63, 3.8) is 0 Å². The van der Waals surface area contributed by atoms with Crippen molar-refractivity contribution in [3.8, 4) is 0 Å². The van der Waals surface area contributed by atoms with E-state index in [4.69, 9.17) is 24.3 Å². The minimum absolute atomic E-state index is 0.0350. The van der Waals surface area contributed by atoms with Crippen LogP contribution in [-0.2, 0) is 32.7 Å². The minimum atomic E-state index is -4.42. The van der Waals surface area contributed by atoms with Crippen molar-refractivity contribution in [1.82, 2.24) is 0 Å². The molecule has 0 spiro atoms. The number of hydrogen-bond acceptors (Lipinski definition) is 8. The van der Waals surface area contributed by atoms with Gasteiger partial charge < -0.3 is 20.1 Å². The number of unbranched alkanes of at least 4 members (excludes halogenated alkanes) is 10. The van der Waals surface area contributed by atoms with Crippen LogP contribution in [0.5, 0.6) is 0 Å². The third-order valence-corrected chi connectivity index (χ3v) is 13.0. The molecule has 0 bridgehead atoms. The Kier molecular flexibility index (Phi) is 60.0. The highest BCUT2D eigenvalue weighted by molar-refractivity contribution is 7.47. The summed E-state index contributed by atoms with van der Waals surface area (Å²) in [6.07, 6.45) is 97.7. The number of nitrogens with two attached hydrogens (primary N) is 1. The summed E-state index contributed by atoms with van der Waals surface area (Å²) < 4.78 is 33.0. The molecule has 0 aliphatic rings. The lowest BCUT2D eigenvalue weighted by molar-refractivity contribution is -0.161. The van der Waals surface area contributed by atoms with Crippen molar-refractivity contribution in [2.75, 3.05) is 26.4 Å². The number of rotatable bonds is 55. The average molecular weight is 1140 g/mol. The Hall–Kier alpha value is -5.15. The molecule has 0 aliphatic carbocycles. The SMILES string of the molecule is CC/C=C\C/C=C\C/C=C\C/C=C\C/C=C\C/C=C\C/C=C\C/C=C\C/C=C\CCCCCCCC(=O)OC(COC(=O)CCCCCCC/C=C\C/C=C\C/C=C\C/C=C\C/C=C\C/C=C\C/C=C\CC)COP(=O)(O)OCCN. The summed E-state index contributed by atoms with van der Waals surface area (Å²) in [7, 11) is -4.42. The maximum atomic E-state index is 12.7. The average Bonchev–Trinajstić information content (AvgIpc) is 3.46. The summed E-state index contributed by atoms with van der Waals surface area (Å²) in [5.74, 6) is -0.891. The second kappa shape index (κ2) is 64.0. The molecule has 0 fully saturated rings. The maximum absolute atomic E-state index is 12.7. The Bertz CT molecular complexity index is 2020. The first-order chi connectivity index (χ1) is 39.8. The lowest BCUT2D eigenvalue weighted by Gasteiger charge is -2.19. The number of phosphoric ester groups is 1. The molecule has 9 nitrogen and oxygen atoms in total. The third kappa shape index (κ3) is 63.9. The van der Waals surface area contributed by atoms with Gasteiger partial charge in [0, 0.05) is 19.4 Å². The smallest absolute Gasteiger partial charge is 0.462 e. The molecule has 81 heavy (non-hydrogen) atoms. The van der Waals surface area contributed by atoms with Crippen molar-refractivity contribution in [3.05, 3.63) is 194 Å². The molecule has 0 aromatic carbocycles. The van der Waals surface area contributed by atoms with Gasteiger partial charge in [-0.05, 0) is 141 Å². The zero-order valence-electron chi connectivity index (χ0n) is 50.4. The summed E-state index contributed by atoms with van der Waals surface area (Å²) in [5, 5.41) is 0. The summed E-state index contributed by atoms with van der Waals surface area (Å²) >= 11 is 0. The Balaban J connectivity index is 4.14. The molecule has 0 aliphatic heterocycles. The van der Waals surface area contributed by atoms with E-state index in [0.717, 1.165) is 167 Å². The van der Waals surface area contributed by atoms with Crippen LogP contribution in [0.15, 0.2) is 194 Å². The minimum Gasteiger partial charge on any atom is -0.462 e. The third-order valence-electron chi connectivity index (χ3n) is 12.0. The van der Waals surface area contributed by atoms with E-state index in [1.54, 1.807) is 0 Å². The number of phosphoric acid groups is 1. The standard InChI is InChI=1S/C71H110NO8P/c1-3-5-7-9-11-13-15-17-19-21-23-25-27-29-31-32-33-34-35-36-38-40-42-44-46-48-50-52-54-56-58-60-62-64-71(74)80-69(68-79-81(75,76)78-66-65-72)67-77-70(73)63-61-59-57-55-53-51-49-47-45-43-41-39-37-30-28-26-24-22-20-18-16-14-12-10-8-6-4-2/h5-8,11-14,17-20,23-26,29-31,33-34,36-38,41-44,47-50,69H,3-4,9-10,15-16,21-22,27-28,32,35,39-40,45-46,51-68,72H2,1-2H3,(H,75,76)/b7-5-,8-6-,13-11-,14-12-,19-17-,20-18-,25-23-,26-24-,31-29-,34-33-,37-30-,38-36-,43-41-,44-42-,49-47-,50-48-. The van der Waals surface area contributed by atoms with E-state index in [-0.39, 0.29) is 32.6 Å². The first-order valence-corrected chi connectivity index (χ1v) is 32.4. The van der Waals surface area contributed by atoms with E-state index < -0.39 is 32.5 Å². The summed E-state index contributed by atoms with van der Waals surface area (Å²) in [4.78, 5) is 35.3. The Morgan fingerprint density at radius 3 is 0.951 bits per heavy atom. The highest BCUT2D eigenvalue weighted by Crippen LogP contribution is 2.43. The fourth-order valence-corrected chi connectivity index (χ4v) is 8.25. The van der Waals surface area contributed by atoms with Crippen molar-refractivity contribution in [2.24, 2.45) is 5.73 Å². The molecule has 0 aromatic heterocycles. The molecular weight excluding hydrogens is 1030 g/mol. The molecule has 0 saturated carbocycles. The number of hydrogen-bond donors (Lipinski definition) is 2. The van der Waals surface area contributed by atoms with Crippen LogP contribution >= 0.6 is 7.82 Å². The fourth-order valence-electron chi connectivity index (χ4n) is 7.49. The molecule has 452 valence electrons. The monoisotopic (exact) mass is 1140 g/mol. The molecule has 0 rings (SSSR count). The number of carbonyl (C=O) groups is 2. The van der Waals surface area contributed by atoms with E-state index >= 15 is 0 Å². The molecule has 0 saturated heterocycles. The lowest BCUT2D eigenvalue weighted by atomic mass is 10.1. The Labute approximate surface area is 494 Å². The number of allylic oxidation sites excluding steroid dienone is 32. The van der Waals surface area contributed by atoms with Crippen LogP contribution in [0.25, 0.3) is 0 Å². The van der Waals surface area contributed by atoms with Gasteiger partial charge in [-0.15, -0.1) is 0 Å². The van der Waals surface area contributed by atoms with Gasteiger partial charge in [-0.3, -0.25) is 18.6 Å². The molecule has 10 heteroatoms. The van der Waals surface area contributed by atoms with Crippen LogP contribution in [0.1, 0.15) is 206 Å². The van der Waals surface area contributed by atoms with Crippen LogP contribution in [0, 0.1) is 0 Å². The van der Waals surface area contributed by atoms with Crippen LogP contribution in [-0.4, -0.2) is 49.3 Å². The largest absolute Gasteiger partial charge is 0.472 e. The molecule has 2 atom stereocenters. The van der Waals surface area contributed by atoms with Gasteiger partial charge in [-0.1, -0.05) is 247 Å². The molecule has 3 N–H and O–H groups in total. The zero-order chi connectivity index (χ0) is 58.7. The highest BCUT2D eigenvalue weighted by atomic mass is 31.2. The van der Waals surface area contributed by atoms with Crippen LogP contribution < -0.4 is 5.73 Å². The highest BCUT2D eigenvalue weighted by Gasteiger charge is 2.26. The van der Waals surface area contributed by atoms with Gasteiger partial charge in [0.15, 0.2) is 6.10 Å². The lowest BCUT2D eigenvalue weighted by Crippen LogP contribution is -2.29. The predicted octanol–water partition coefficient (Wildman–Crippen LogP) is 20.2. The zero-order valence-corrected chi connectivity index (χ0v) is 51.3. The summed E-state index contributed by atoms with van der Waals surface area (Å²) in [5.41, 5.74) is 5.38.